The van der Waals surface area contributed by atoms with Crippen LogP contribution < -0.4 is 9.46 Å². The maximum atomic E-state index is 12.8. The molecular weight excluding hydrogens is 390 g/mol. The summed E-state index contributed by atoms with van der Waals surface area (Å²) < 4.78 is 29.3. The van der Waals surface area contributed by atoms with Gasteiger partial charge in [-0.3, -0.25) is 14.4 Å². The highest BCUT2D eigenvalue weighted by Gasteiger charge is 2.21. The third-order valence-corrected chi connectivity index (χ3v) is 5.50. The monoisotopic (exact) mass is 417 g/mol. The van der Waals surface area contributed by atoms with Gasteiger partial charge in [0.2, 0.25) is 10.9 Å². The standard InChI is InChI=1S/C21H27N3O4S/c1-16-4-9-20(28-2)18(14-16)15-23-10-3-11-24(13-12-23)21(25)17-5-7-19(8-6-17)22-29(26)27/h4-9,14,29H,3,10-13,15H2,1-2H3,(H,22,26,27). The molecule has 0 atom stereocenters. The zero-order chi connectivity index (χ0) is 20.8. The van der Waals surface area contributed by atoms with Crippen molar-refractivity contribution in [2.45, 2.75) is 19.9 Å². The second kappa shape index (κ2) is 9.76. The maximum Gasteiger partial charge on any atom is 0.253 e. The van der Waals surface area contributed by atoms with Crippen LogP contribution in [0.3, 0.4) is 0 Å². The number of methoxy groups -OCH3 is 1. The van der Waals surface area contributed by atoms with Crippen LogP contribution >= 0.6 is 0 Å². The van der Waals surface area contributed by atoms with E-state index in [4.69, 9.17) is 4.74 Å². The Bertz CT molecular complexity index is 920. The lowest BCUT2D eigenvalue weighted by Crippen LogP contribution is -2.35. The highest BCUT2D eigenvalue weighted by atomic mass is 32.2. The van der Waals surface area contributed by atoms with Gasteiger partial charge in [-0.2, -0.15) is 0 Å². The molecule has 3 rings (SSSR count). The van der Waals surface area contributed by atoms with Gasteiger partial charge in [0.25, 0.3) is 5.91 Å². The van der Waals surface area contributed by atoms with Crippen LogP contribution in [0.1, 0.15) is 27.9 Å². The molecule has 1 N–H and O–H groups in total. The van der Waals surface area contributed by atoms with Gasteiger partial charge in [-0.15, -0.1) is 0 Å². The van der Waals surface area contributed by atoms with Gasteiger partial charge in [0, 0.05) is 49.5 Å². The van der Waals surface area contributed by atoms with Crippen LogP contribution in [0.25, 0.3) is 0 Å². The second-order valence-corrected chi connectivity index (χ2v) is 7.92. The van der Waals surface area contributed by atoms with Crippen molar-refractivity contribution >= 4 is 22.5 Å². The predicted octanol–water partition coefficient (Wildman–Crippen LogP) is 2.29. The molecule has 0 saturated carbocycles. The first-order valence-corrected chi connectivity index (χ1v) is 10.8. The fraction of sp³-hybridized carbons (Fsp3) is 0.381. The summed E-state index contributed by atoms with van der Waals surface area (Å²) in [6, 6.07) is 12.7. The number of nitrogens with zero attached hydrogens (tertiary/aromatic N) is 2. The molecule has 2 aromatic carbocycles. The Hall–Kier alpha value is -2.58. The quantitative estimate of drug-likeness (QED) is 0.705. The van der Waals surface area contributed by atoms with Gasteiger partial charge in [0.15, 0.2) is 0 Å². The van der Waals surface area contributed by atoms with Crippen molar-refractivity contribution in [2.75, 3.05) is 38.0 Å². The molecule has 1 heterocycles. The lowest BCUT2D eigenvalue weighted by molar-refractivity contribution is 0.0761. The number of aryl methyl sites for hydroxylation is 1. The Labute approximate surface area is 173 Å². The number of nitrogens with one attached hydrogen (secondary N) is 1. The Morgan fingerprint density at radius 1 is 1.07 bits per heavy atom. The van der Waals surface area contributed by atoms with Gasteiger partial charge < -0.3 is 9.64 Å². The van der Waals surface area contributed by atoms with E-state index in [0.29, 0.717) is 24.3 Å². The van der Waals surface area contributed by atoms with Crippen molar-refractivity contribution in [1.82, 2.24) is 9.80 Å². The summed E-state index contributed by atoms with van der Waals surface area (Å²) in [5.74, 6) is 0.861. The Morgan fingerprint density at radius 2 is 1.83 bits per heavy atom. The third-order valence-electron chi connectivity index (χ3n) is 5.06. The van der Waals surface area contributed by atoms with E-state index in [-0.39, 0.29) is 5.91 Å². The average molecular weight is 418 g/mol. The van der Waals surface area contributed by atoms with Crippen LogP contribution in [-0.4, -0.2) is 57.4 Å². The van der Waals surface area contributed by atoms with Crippen LogP contribution in [0.4, 0.5) is 5.69 Å². The topological polar surface area (TPSA) is 79.0 Å². The Balaban J connectivity index is 1.62. The minimum Gasteiger partial charge on any atom is -0.496 e. The number of carbonyl (C=O) groups excluding carboxylic acids is 1. The molecule has 29 heavy (non-hydrogen) atoms. The molecule has 1 aliphatic rings. The second-order valence-electron chi connectivity index (χ2n) is 7.18. The first kappa shape index (κ1) is 21.1. The van der Waals surface area contributed by atoms with Crippen LogP contribution in [0.15, 0.2) is 42.5 Å². The number of rotatable bonds is 6. The van der Waals surface area contributed by atoms with Gasteiger partial charge >= 0.3 is 0 Å². The van der Waals surface area contributed by atoms with E-state index in [1.54, 1.807) is 31.4 Å². The van der Waals surface area contributed by atoms with E-state index >= 15 is 0 Å². The van der Waals surface area contributed by atoms with E-state index in [9.17, 15) is 13.2 Å². The third kappa shape index (κ3) is 5.71. The molecule has 8 heteroatoms. The summed E-state index contributed by atoms with van der Waals surface area (Å²) in [5.41, 5.74) is 3.37. The smallest absolute Gasteiger partial charge is 0.253 e. The fourth-order valence-corrected chi connectivity index (χ4v) is 3.94. The zero-order valence-electron chi connectivity index (χ0n) is 16.8. The Kier molecular flexibility index (Phi) is 7.11. The fourth-order valence-electron chi connectivity index (χ4n) is 3.58. The molecule has 1 amide bonds. The number of hydrogen-bond donors (Lipinski definition) is 2. The summed E-state index contributed by atoms with van der Waals surface area (Å²) in [6.07, 6.45) is 0.899. The molecule has 0 aliphatic carbocycles. The first-order chi connectivity index (χ1) is 14.0. The predicted molar refractivity (Wildman–Crippen MR) is 114 cm³/mol. The van der Waals surface area contributed by atoms with E-state index in [2.05, 4.69) is 22.6 Å². The lowest BCUT2D eigenvalue weighted by Gasteiger charge is -2.23. The highest BCUT2D eigenvalue weighted by Crippen LogP contribution is 2.22. The van der Waals surface area contributed by atoms with Crippen LogP contribution in [0.2, 0.25) is 0 Å². The molecule has 156 valence electrons. The SMILES string of the molecule is COc1ccc(C)cc1CN1CCCN(C(=O)c2ccc(N[SH](=O)=O)cc2)CC1. The summed E-state index contributed by atoms with van der Waals surface area (Å²) in [5, 5.41) is 0. The van der Waals surface area contributed by atoms with Crippen LogP contribution in [0.5, 0.6) is 5.75 Å². The Morgan fingerprint density at radius 3 is 2.52 bits per heavy atom. The van der Waals surface area contributed by atoms with Crippen LogP contribution in [0, 0.1) is 6.92 Å². The van der Waals surface area contributed by atoms with Gasteiger partial charge in [0.05, 0.1) is 7.11 Å². The molecule has 0 unspecified atom stereocenters. The van der Waals surface area contributed by atoms with Gasteiger partial charge in [-0.25, -0.2) is 8.42 Å². The highest BCUT2D eigenvalue weighted by molar-refractivity contribution is 7.73. The largest absolute Gasteiger partial charge is 0.496 e. The summed E-state index contributed by atoms with van der Waals surface area (Å²) in [4.78, 5) is 17.1. The molecule has 7 nitrogen and oxygen atoms in total. The molecule has 0 aromatic heterocycles. The zero-order valence-corrected chi connectivity index (χ0v) is 17.7. The van der Waals surface area contributed by atoms with Crippen molar-refractivity contribution in [3.63, 3.8) is 0 Å². The van der Waals surface area contributed by atoms with Gasteiger partial charge in [-0.1, -0.05) is 17.7 Å². The van der Waals surface area contributed by atoms with Crippen molar-refractivity contribution in [3.8, 4) is 5.75 Å². The molecule has 0 radical (unpaired) electrons. The first-order valence-electron chi connectivity index (χ1n) is 9.62. The van der Waals surface area contributed by atoms with Gasteiger partial charge in [0.1, 0.15) is 5.75 Å². The summed E-state index contributed by atoms with van der Waals surface area (Å²) in [6.45, 7) is 5.92. The molecule has 1 saturated heterocycles. The van der Waals surface area contributed by atoms with Crippen molar-refractivity contribution < 1.29 is 17.9 Å². The number of anilines is 1. The number of carbonyl (C=O) groups is 1. The molecule has 1 fully saturated rings. The lowest BCUT2D eigenvalue weighted by atomic mass is 10.1. The van der Waals surface area contributed by atoms with E-state index in [1.807, 2.05) is 17.0 Å². The average Bonchev–Trinajstić information content (AvgIpc) is 2.93. The summed E-state index contributed by atoms with van der Waals surface area (Å²) >= 11 is 0. The molecule has 2 aromatic rings. The van der Waals surface area contributed by atoms with E-state index in [1.165, 1.54) is 5.56 Å². The van der Waals surface area contributed by atoms with E-state index in [0.717, 1.165) is 37.4 Å². The van der Waals surface area contributed by atoms with Crippen LogP contribution in [-0.2, 0) is 17.4 Å². The normalized spacial score (nSPS) is 15.2. The summed E-state index contributed by atoms with van der Waals surface area (Å²) in [7, 11) is -1.02. The molecule has 0 spiro atoms. The van der Waals surface area contributed by atoms with Crippen molar-refractivity contribution in [3.05, 3.63) is 59.2 Å². The molecular formula is C21H27N3O4S. The molecule has 0 bridgehead atoms. The minimum absolute atomic E-state index is 0.0296. The maximum absolute atomic E-state index is 12.8. The number of benzene rings is 2. The number of thiol groups is 1. The van der Waals surface area contributed by atoms with Crippen molar-refractivity contribution in [2.24, 2.45) is 0 Å². The minimum atomic E-state index is -2.71. The molecule has 1 aliphatic heterocycles. The number of hydrogen-bond acceptors (Lipinski definition) is 5. The van der Waals surface area contributed by atoms with E-state index < -0.39 is 10.9 Å². The van der Waals surface area contributed by atoms with Gasteiger partial charge in [-0.05, 0) is 43.7 Å². The number of ether oxygens (including phenoxy) is 1. The number of amides is 1. The van der Waals surface area contributed by atoms with Crippen molar-refractivity contribution in [1.29, 1.82) is 0 Å².